The highest BCUT2D eigenvalue weighted by atomic mass is 14.7. The molecule has 12 heavy (non-hydrogen) atoms. The van der Waals surface area contributed by atoms with Crippen LogP contribution in [0.1, 0.15) is 37.6 Å². The third-order valence-electron chi connectivity index (χ3n) is 1.79. The first-order chi connectivity index (χ1) is 5.74. The summed E-state index contributed by atoms with van der Waals surface area (Å²) in [7, 11) is 0. The molecule has 0 unspecified atom stereocenters. The van der Waals surface area contributed by atoms with Gasteiger partial charge >= 0.3 is 0 Å². The molecule has 0 bridgehead atoms. The molecule has 1 nitrogen and oxygen atoms in total. The second-order valence-electron chi connectivity index (χ2n) is 2.61. The van der Waals surface area contributed by atoms with Gasteiger partial charge in [-0.1, -0.05) is 20.8 Å². The van der Waals surface area contributed by atoms with Gasteiger partial charge in [-0.05, 0) is 37.5 Å². The molecule has 0 saturated carbocycles. The maximum absolute atomic E-state index is 4.26. The predicted octanol–water partition coefficient (Wildman–Crippen LogP) is 3.29. The molecule has 0 radical (unpaired) electrons. The summed E-state index contributed by atoms with van der Waals surface area (Å²) in [5, 5.41) is 0. The van der Waals surface area contributed by atoms with Crippen LogP contribution < -0.4 is 0 Å². The van der Waals surface area contributed by atoms with Crippen LogP contribution in [-0.4, -0.2) is 4.98 Å². The molecule has 1 aromatic rings. The maximum Gasteiger partial charge on any atom is 0.0403 e. The minimum Gasteiger partial charge on any atom is -0.261 e. The molecule has 0 N–H and O–H groups in total. The van der Waals surface area contributed by atoms with Crippen LogP contribution in [0.5, 0.6) is 0 Å². The molecular formula is C11H19N. The Hall–Kier alpha value is -0.850. The van der Waals surface area contributed by atoms with Crippen molar-refractivity contribution in [1.29, 1.82) is 0 Å². The Labute approximate surface area is 75.8 Å². The number of aryl methyl sites for hydroxylation is 3. The fraction of sp³-hybridized carbons (Fsp3) is 0.545. The van der Waals surface area contributed by atoms with E-state index in [1.807, 2.05) is 20.0 Å². The van der Waals surface area contributed by atoms with Crippen LogP contribution in [0.15, 0.2) is 12.3 Å². The van der Waals surface area contributed by atoms with Crippen molar-refractivity contribution >= 4 is 0 Å². The van der Waals surface area contributed by atoms with Crippen molar-refractivity contribution in [2.24, 2.45) is 0 Å². The van der Waals surface area contributed by atoms with Gasteiger partial charge in [-0.15, -0.1) is 0 Å². The monoisotopic (exact) mass is 165 g/mol. The normalized spacial score (nSPS) is 8.75. The maximum atomic E-state index is 4.26. The van der Waals surface area contributed by atoms with Crippen LogP contribution >= 0.6 is 0 Å². The van der Waals surface area contributed by atoms with Gasteiger partial charge in [-0.2, -0.15) is 0 Å². The van der Waals surface area contributed by atoms with Gasteiger partial charge in [0.2, 0.25) is 0 Å². The Morgan fingerprint density at radius 2 is 1.75 bits per heavy atom. The molecule has 0 aliphatic rings. The second-order valence-corrected chi connectivity index (χ2v) is 2.61. The Morgan fingerprint density at radius 3 is 2.17 bits per heavy atom. The van der Waals surface area contributed by atoms with Crippen molar-refractivity contribution < 1.29 is 0 Å². The summed E-state index contributed by atoms with van der Waals surface area (Å²) in [6, 6.07) is 2.15. The molecule has 1 rings (SSSR count). The lowest BCUT2D eigenvalue weighted by molar-refractivity contribution is 1.02. The third kappa shape index (κ3) is 3.04. The summed E-state index contributed by atoms with van der Waals surface area (Å²) in [5.74, 6) is 0. The summed E-state index contributed by atoms with van der Waals surface area (Å²) in [6.45, 7) is 10.3. The standard InChI is InChI=1S/C9H13N.C2H6/c1-4-9-5-7(2)8(3)6-10-9;1-2/h5-6H,4H2,1-3H3;1-2H3. The molecule has 1 heterocycles. The van der Waals surface area contributed by atoms with E-state index in [0.29, 0.717) is 0 Å². The summed E-state index contributed by atoms with van der Waals surface area (Å²) >= 11 is 0. The van der Waals surface area contributed by atoms with E-state index in [1.165, 1.54) is 16.8 Å². The van der Waals surface area contributed by atoms with Crippen molar-refractivity contribution in [2.75, 3.05) is 0 Å². The van der Waals surface area contributed by atoms with Crippen LogP contribution in [0.25, 0.3) is 0 Å². The molecule has 68 valence electrons. The van der Waals surface area contributed by atoms with Crippen molar-refractivity contribution in [3.63, 3.8) is 0 Å². The molecule has 1 heteroatoms. The van der Waals surface area contributed by atoms with Crippen molar-refractivity contribution in [1.82, 2.24) is 4.98 Å². The molecule has 0 aliphatic carbocycles. The third-order valence-corrected chi connectivity index (χ3v) is 1.79. The van der Waals surface area contributed by atoms with Crippen LogP contribution in [-0.2, 0) is 6.42 Å². The molecule has 0 amide bonds. The summed E-state index contributed by atoms with van der Waals surface area (Å²) in [4.78, 5) is 4.26. The van der Waals surface area contributed by atoms with Gasteiger partial charge < -0.3 is 0 Å². The van der Waals surface area contributed by atoms with E-state index in [0.717, 1.165) is 6.42 Å². The molecule has 1 aromatic heterocycles. The topological polar surface area (TPSA) is 12.9 Å². The van der Waals surface area contributed by atoms with Crippen LogP contribution in [0.3, 0.4) is 0 Å². The van der Waals surface area contributed by atoms with E-state index in [2.05, 4.69) is 31.8 Å². The zero-order valence-electron chi connectivity index (χ0n) is 8.81. The van der Waals surface area contributed by atoms with E-state index in [1.54, 1.807) is 0 Å². The lowest BCUT2D eigenvalue weighted by atomic mass is 10.1. The smallest absolute Gasteiger partial charge is 0.0403 e. The minimum atomic E-state index is 1.03. The van der Waals surface area contributed by atoms with E-state index >= 15 is 0 Å². The highest BCUT2D eigenvalue weighted by Crippen LogP contribution is 2.06. The number of hydrogen-bond acceptors (Lipinski definition) is 1. The molecule has 0 saturated heterocycles. The van der Waals surface area contributed by atoms with Gasteiger partial charge in [0.05, 0.1) is 0 Å². The Bertz CT molecular complexity index is 228. The lowest BCUT2D eigenvalue weighted by Crippen LogP contribution is -1.89. The first kappa shape index (κ1) is 11.2. The molecule has 0 aromatic carbocycles. The molecule has 0 atom stereocenters. The second kappa shape index (κ2) is 5.76. The fourth-order valence-electron chi connectivity index (χ4n) is 0.876. The van der Waals surface area contributed by atoms with Gasteiger partial charge in [0.25, 0.3) is 0 Å². The Kier molecular flexibility index (Phi) is 5.35. The fourth-order valence-corrected chi connectivity index (χ4v) is 0.876. The zero-order chi connectivity index (χ0) is 9.56. The van der Waals surface area contributed by atoms with E-state index < -0.39 is 0 Å². The van der Waals surface area contributed by atoms with E-state index in [4.69, 9.17) is 0 Å². The van der Waals surface area contributed by atoms with Gasteiger partial charge in [0, 0.05) is 11.9 Å². The average Bonchev–Trinajstić information content (AvgIpc) is 2.13. The van der Waals surface area contributed by atoms with Crippen molar-refractivity contribution in [2.45, 2.75) is 41.0 Å². The van der Waals surface area contributed by atoms with Crippen molar-refractivity contribution in [3.05, 3.63) is 29.1 Å². The lowest BCUT2D eigenvalue weighted by Gasteiger charge is -2.00. The number of aromatic nitrogens is 1. The average molecular weight is 165 g/mol. The number of pyridine rings is 1. The first-order valence-electron chi connectivity index (χ1n) is 4.66. The highest BCUT2D eigenvalue weighted by Gasteiger charge is 1.93. The molecular weight excluding hydrogens is 146 g/mol. The van der Waals surface area contributed by atoms with E-state index in [-0.39, 0.29) is 0 Å². The SMILES string of the molecule is CC.CCc1cc(C)c(C)cn1. The van der Waals surface area contributed by atoms with Crippen molar-refractivity contribution in [3.8, 4) is 0 Å². The van der Waals surface area contributed by atoms with Crippen LogP contribution in [0, 0.1) is 13.8 Å². The summed E-state index contributed by atoms with van der Waals surface area (Å²) in [5.41, 5.74) is 3.80. The van der Waals surface area contributed by atoms with Gasteiger partial charge in [-0.25, -0.2) is 0 Å². The van der Waals surface area contributed by atoms with Crippen LogP contribution in [0.4, 0.5) is 0 Å². The minimum absolute atomic E-state index is 1.03. The number of nitrogens with zero attached hydrogens (tertiary/aromatic N) is 1. The van der Waals surface area contributed by atoms with Gasteiger partial charge in [0.1, 0.15) is 0 Å². The summed E-state index contributed by atoms with van der Waals surface area (Å²) < 4.78 is 0. The highest BCUT2D eigenvalue weighted by molar-refractivity contribution is 5.23. The Balaban J connectivity index is 0.000000561. The number of rotatable bonds is 1. The molecule has 0 aliphatic heterocycles. The molecule has 0 spiro atoms. The zero-order valence-corrected chi connectivity index (χ0v) is 8.81. The van der Waals surface area contributed by atoms with Gasteiger partial charge in [0.15, 0.2) is 0 Å². The van der Waals surface area contributed by atoms with Gasteiger partial charge in [-0.3, -0.25) is 4.98 Å². The molecule has 0 fully saturated rings. The Morgan fingerprint density at radius 1 is 1.17 bits per heavy atom. The number of hydrogen-bond donors (Lipinski definition) is 0. The van der Waals surface area contributed by atoms with E-state index in [9.17, 15) is 0 Å². The predicted molar refractivity (Wildman–Crippen MR) is 54.4 cm³/mol. The summed E-state index contributed by atoms with van der Waals surface area (Å²) in [6.07, 6.45) is 2.97. The quantitative estimate of drug-likeness (QED) is 0.622. The largest absolute Gasteiger partial charge is 0.261 e. The first-order valence-corrected chi connectivity index (χ1v) is 4.66. The van der Waals surface area contributed by atoms with Crippen LogP contribution in [0.2, 0.25) is 0 Å².